The van der Waals surface area contributed by atoms with E-state index in [9.17, 15) is 9.59 Å². The molecule has 0 bridgehead atoms. The maximum atomic E-state index is 11.7. The van der Waals surface area contributed by atoms with Crippen molar-refractivity contribution in [2.24, 2.45) is 0 Å². The molecule has 1 heterocycles. The summed E-state index contributed by atoms with van der Waals surface area (Å²) in [6.07, 6.45) is 0.780. The molecule has 2 rings (SSSR count). The molecule has 25 heavy (non-hydrogen) atoms. The summed E-state index contributed by atoms with van der Waals surface area (Å²) in [5, 5.41) is 0. The largest absolute Gasteiger partial charge is 0.444 e. The molecule has 7 nitrogen and oxygen atoms in total. The molecule has 1 amide bonds. The molecule has 1 atom stereocenters. The van der Waals surface area contributed by atoms with Gasteiger partial charge in [-0.1, -0.05) is 30.3 Å². The van der Waals surface area contributed by atoms with Crippen LogP contribution >= 0.6 is 0 Å². The van der Waals surface area contributed by atoms with E-state index in [4.69, 9.17) is 9.47 Å². The highest BCUT2D eigenvalue weighted by Gasteiger charge is 2.27. The van der Waals surface area contributed by atoms with Gasteiger partial charge in [0, 0.05) is 24.7 Å². The Labute approximate surface area is 148 Å². The quantitative estimate of drug-likeness (QED) is 0.606. The third kappa shape index (κ3) is 6.36. The van der Waals surface area contributed by atoms with E-state index in [0.717, 1.165) is 31.5 Å². The molecular formula is C18H27N3O4. The van der Waals surface area contributed by atoms with Gasteiger partial charge in [0.15, 0.2) is 6.23 Å². The van der Waals surface area contributed by atoms with E-state index in [1.54, 1.807) is 0 Å². The fourth-order valence-corrected chi connectivity index (χ4v) is 2.79. The van der Waals surface area contributed by atoms with Crippen molar-refractivity contribution in [1.29, 1.82) is 0 Å². The zero-order chi connectivity index (χ0) is 18.3. The molecule has 1 aliphatic heterocycles. The average molecular weight is 349 g/mol. The van der Waals surface area contributed by atoms with E-state index in [2.05, 4.69) is 15.8 Å². The van der Waals surface area contributed by atoms with Gasteiger partial charge in [0.05, 0.1) is 0 Å². The highest BCUT2D eigenvalue weighted by atomic mass is 16.6. The van der Waals surface area contributed by atoms with Gasteiger partial charge >= 0.3 is 6.09 Å². The molecule has 1 saturated heterocycles. The highest BCUT2D eigenvalue weighted by molar-refractivity contribution is 5.67. The van der Waals surface area contributed by atoms with E-state index < -0.39 is 11.7 Å². The fourth-order valence-electron chi connectivity index (χ4n) is 2.79. The van der Waals surface area contributed by atoms with Crippen molar-refractivity contribution in [3.8, 4) is 0 Å². The lowest BCUT2D eigenvalue weighted by molar-refractivity contribution is -0.145. The van der Waals surface area contributed by atoms with Crippen molar-refractivity contribution in [1.82, 2.24) is 15.8 Å². The lowest BCUT2D eigenvalue weighted by atomic mass is 10.0. The summed E-state index contributed by atoms with van der Waals surface area (Å²) in [4.78, 5) is 24.7. The van der Waals surface area contributed by atoms with Crippen LogP contribution in [0.2, 0.25) is 0 Å². The van der Waals surface area contributed by atoms with Crippen LogP contribution in [0.5, 0.6) is 0 Å². The molecule has 0 radical (unpaired) electrons. The summed E-state index contributed by atoms with van der Waals surface area (Å²) in [5.74, 6) is 0. The standard InChI is InChI=1S/C18H27N3O4/c1-18(2,3)25-17(23)20-19-15-9-11-21(12-10-15)16(24-13-22)14-7-5-4-6-8-14/h4-8,13,15-16,19H,9-12H2,1-3H3,(H,20,23). The SMILES string of the molecule is CC(C)(C)OC(=O)NNC1CCN(C(OC=O)c2ccccc2)CC1. The first-order valence-corrected chi connectivity index (χ1v) is 8.51. The smallest absolute Gasteiger partial charge is 0.422 e. The zero-order valence-corrected chi connectivity index (χ0v) is 15.0. The lowest BCUT2D eigenvalue weighted by Gasteiger charge is -2.36. The number of amides is 1. The van der Waals surface area contributed by atoms with E-state index in [-0.39, 0.29) is 12.3 Å². The van der Waals surface area contributed by atoms with Crippen LogP contribution in [0.4, 0.5) is 4.79 Å². The summed E-state index contributed by atoms with van der Waals surface area (Å²) >= 11 is 0. The number of ether oxygens (including phenoxy) is 2. The predicted octanol–water partition coefficient (Wildman–Crippen LogP) is 2.35. The van der Waals surface area contributed by atoms with Gasteiger partial charge in [0.2, 0.25) is 0 Å². The topological polar surface area (TPSA) is 79.9 Å². The molecule has 1 unspecified atom stereocenters. The van der Waals surface area contributed by atoms with Crippen LogP contribution in [0.15, 0.2) is 30.3 Å². The molecular weight excluding hydrogens is 322 g/mol. The molecule has 2 N–H and O–H groups in total. The second kappa shape index (κ2) is 8.82. The Morgan fingerprint density at radius 1 is 1.24 bits per heavy atom. The normalized spacial score (nSPS) is 17.6. The second-order valence-electron chi connectivity index (χ2n) is 7.08. The fraction of sp³-hybridized carbons (Fsp3) is 0.556. The number of hydrogen-bond donors (Lipinski definition) is 2. The molecule has 7 heteroatoms. The maximum Gasteiger partial charge on any atom is 0.422 e. The third-order valence-corrected chi connectivity index (χ3v) is 3.91. The highest BCUT2D eigenvalue weighted by Crippen LogP contribution is 2.25. The van der Waals surface area contributed by atoms with Crippen LogP contribution in [0.1, 0.15) is 45.4 Å². The number of benzene rings is 1. The van der Waals surface area contributed by atoms with Crippen molar-refractivity contribution >= 4 is 12.6 Å². The van der Waals surface area contributed by atoms with Crippen molar-refractivity contribution in [3.05, 3.63) is 35.9 Å². The summed E-state index contributed by atoms with van der Waals surface area (Å²) in [7, 11) is 0. The number of likely N-dealkylation sites (tertiary alicyclic amines) is 1. The number of nitrogens with zero attached hydrogens (tertiary/aromatic N) is 1. The predicted molar refractivity (Wildman–Crippen MR) is 93.4 cm³/mol. The van der Waals surface area contributed by atoms with Gasteiger partial charge in [0.1, 0.15) is 5.60 Å². The molecule has 138 valence electrons. The van der Waals surface area contributed by atoms with Crippen molar-refractivity contribution in [2.75, 3.05) is 13.1 Å². The number of nitrogens with one attached hydrogen (secondary N) is 2. The Morgan fingerprint density at radius 3 is 2.44 bits per heavy atom. The summed E-state index contributed by atoms with van der Waals surface area (Å²) in [5.41, 5.74) is 6.03. The van der Waals surface area contributed by atoms with E-state index >= 15 is 0 Å². The number of carbonyl (C=O) groups excluding carboxylic acids is 2. The van der Waals surface area contributed by atoms with E-state index in [1.807, 2.05) is 51.1 Å². The lowest BCUT2D eigenvalue weighted by Crippen LogP contribution is -2.51. The van der Waals surface area contributed by atoms with Crippen LogP contribution in [0, 0.1) is 0 Å². The summed E-state index contributed by atoms with van der Waals surface area (Å²) < 4.78 is 10.5. The summed E-state index contributed by atoms with van der Waals surface area (Å²) in [6, 6.07) is 9.83. The number of carbonyl (C=O) groups is 2. The van der Waals surface area contributed by atoms with Gasteiger partial charge in [-0.2, -0.15) is 0 Å². The minimum atomic E-state index is -0.524. The van der Waals surface area contributed by atoms with Gasteiger partial charge in [-0.25, -0.2) is 10.2 Å². The van der Waals surface area contributed by atoms with Gasteiger partial charge in [0.25, 0.3) is 6.47 Å². The molecule has 1 fully saturated rings. The first-order valence-electron chi connectivity index (χ1n) is 8.51. The van der Waals surface area contributed by atoms with Crippen LogP contribution in [0.3, 0.4) is 0 Å². The van der Waals surface area contributed by atoms with Gasteiger partial charge in [-0.05, 0) is 33.6 Å². The average Bonchev–Trinajstić information content (AvgIpc) is 2.58. The molecule has 1 aromatic carbocycles. The summed E-state index contributed by atoms with van der Waals surface area (Å²) in [6.45, 7) is 7.46. The first-order chi connectivity index (χ1) is 11.9. The molecule has 1 aliphatic rings. The maximum absolute atomic E-state index is 11.7. The minimum Gasteiger partial charge on any atom is -0.444 e. The number of hydrazine groups is 1. The van der Waals surface area contributed by atoms with Gasteiger partial charge in [-0.3, -0.25) is 15.1 Å². The Morgan fingerprint density at radius 2 is 1.88 bits per heavy atom. The van der Waals surface area contributed by atoms with Gasteiger partial charge in [-0.15, -0.1) is 0 Å². The van der Waals surface area contributed by atoms with Crippen LogP contribution in [0.25, 0.3) is 0 Å². The molecule has 1 aromatic rings. The number of rotatable bonds is 6. The van der Waals surface area contributed by atoms with Crippen LogP contribution < -0.4 is 10.9 Å². The Balaban J connectivity index is 1.82. The van der Waals surface area contributed by atoms with Crippen molar-refractivity contribution in [3.63, 3.8) is 0 Å². The van der Waals surface area contributed by atoms with Crippen LogP contribution in [-0.4, -0.2) is 42.2 Å². The number of hydrogen-bond acceptors (Lipinski definition) is 6. The number of piperidine rings is 1. The monoisotopic (exact) mass is 349 g/mol. The van der Waals surface area contributed by atoms with Crippen molar-refractivity contribution < 1.29 is 19.1 Å². The van der Waals surface area contributed by atoms with Gasteiger partial charge < -0.3 is 9.47 Å². The van der Waals surface area contributed by atoms with Crippen molar-refractivity contribution in [2.45, 2.75) is 51.5 Å². The zero-order valence-electron chi connectivity index (χ0n) is 15.0. The van der Waals surface area contributed by atoms with Crippen LogP contribution in [-0.2, 0) is 14.3 Å². The first kappa shape index (κ1) is 19.2. The second-order valence-corrected chi connectivity index (χ2v) is 7.08. The van der Waals surface area contributed by atoms with E-state index in [0.29, 0.717) is 6.47 Å². The molecule has 0 spiro atoms. The molecule has 0 aliphatic carbocycles. The van der Waals surface area contributed by atoms with E-state index in [1.165, 1.54) is 0 Å². The Hall–Kier alpha value is -2.12. The third-order valence-electron chi connectivity index (χ3n) is 3.91. The Bertz CT molecular complexity index is 551. The molecule has 0 aromatic heterocycles. The minimum absolute atomic E-state index is 0.149. The molecule has 0 saturated carbocycles. The Kier molecular flexibility index (Phi) is 6.78.